The molecule has 2 rings (SSSR count). The molecule has 3 unspecified atom stereocenters. The van der Waals surface area contributed by atoms with E-state index in [4.69, 9.17) is 0 Å². The Kier molecular flexibility index (Phi) is 4.72. The molecule has 0 saturated heterocycles. The number of fused-ring (bicyclic) bond motifs is 1. The topological polar surface area (TPSA) is 49.3 Å². The van der Waals surface area contributed by atoms with E-state index in [0.717, 1.165) is 17.5 Å². The van der Waals surface area contributed by atoms with Crippen molar-refractivity contribution < 1.29 is 9.90 Å². The van der Waals surface area contributed by atoms with Gasteiger partial charge in [0, 0.05) is 12.8 Å². The fraction of sp³-hybridized carbons (Fsp3) is 0.611. The largest absolute Gasteiger partial charge is 0.390 e. The number of aliphatic hydroxyl groups excluding tert-OH is 1. The van der Waals surface area contributed by atoms with E-state index in [2.05, 4.69) is 33.0 Å². The van der Waals surface area contributed by atoms with Crippen molar-refractivity contribution in [3.8, 4) is 0 Å². The summed E-state index contributed by atoms with van der Waals surface area (Å²) in [7, 11) is 0. The van der Waals surface area contributed by atoms with E-state index in [1.165, 1.54) is 0 Å². The van der Waals surface area contributed by atoms with Gasteiger partial charge in [-0.2, -0.15) is 0 Å². The molecule has 1 aromatic rings. The number of nitrogens with one attached hydrogen (secondary N) is 1. The van der Waals surface area contributed by atoms with Crippen LogP contribution in [-0.4, -0.2) is 17.1 Å². The first-order valence-electron chi connectivity index (χ1n) is 7.81. The lowest BCUT2D eigenvalue weighted by Crippen LogP contribution is -2.34. The molecular formula is C18H27NO2. The fourth-order valence-corrected chi connectivity index (χ4v) is 3.41. The van der Waals surface area contributed by atoms with Gasteiger partial charge in [0.1, 0.15) is 0 Å². The Morgan fingerprint density at radius 1 is 1.38 bits per heavy atom. The third kappa shape index (κ3) is 4.31. The smallest absolute Gasteiger partial charge is 0.220 e. The zero-order valence-corrected chi connectivity index (χ0v) is 13.5. The minimum Gasteiger partial charge on any atom is -0.390 e. The van der Waals surface area contributed by atoms with E-state index in [0.29, 0.717) is 18.8 Å². The predicted molar refractivity (Wildman–Crippen MR) is 84.9 cm³/mol. The van der Waals surface area contributed by atoms with Crippen molar-refractivity contribution in [2.24, 2.45) is 11.3 Å². The molecule has 0 aliphatic heterocycles. The highest BCUT2D eigenvalue weighted by Crippen LogP contribution is 2.32. The van der Waals surface area contributed by atoms with E-state index in [1.54, 1.807) is 0 Å². The second-order valence-corrected chi connectivity index (χ2v) is 7.59. The number of carbonyl (C=O) groups excluding carboxylic acids is 1. The Bertz CT molecular complexity index is 504. The van der Waals surface area contributed by atoms with Crippen LogP contribution in [-0.2, 0) is 11.2 Å². The van der Waals surface area contributed by atoms with Crippen LogP contribution in [0.3, 0.4) is 0 Å². The number of carbonyl (C=O) groups is 1. The number of rotatable bonds is 4. The van der Waals surface area contributed by atoms with Crippen molar-refractivity contribution >= 4 is 5.91 Å². The highest BCUT2D eigenvalue weighted by Gasteiger charge is 2.32. The first-order valence-corrected chi connectivity index (χ1v) is 7.81. The average Bonchev–Trinajstić information content (AvgIpc) is 2.63. The van der Waals surface area contributed by atoms with Crippen molar-refractivity contribution in [3.63, 3.8) is 0 Å². The van der Waals surface area contributed by atoms with Gasteiger partial charge in [-0.3, -0.25) is 4.79 Å². The second-order valence-electron chi connectivity index (χ2n) is 7.59. The van der Waals surface area contributed by atoms with E-state index in [9.17, 15) is 9.90 Å². The molecule has 0 spiro atoms. The average molecular weight is 289 g/mol. The van der Waals surface area contributed by atoms with Crippen LogP contribution < -0.4 is 5.32 Å². The number of hydrogen-bond acceptors (Lipinski definition) is 2. The summed E-state index contributed by atoms with van der Waals surface area (Å²) in [5.74, 6) is 0.381. The van der Waals surface area contributed by atoms with Crippen molar-refractivity contribution in [2.75, 3.05) is 0 Å². The van der Waals surface area contributed by atoms with Gasteiger partial charge in [0.15, 0.2) is 0 Å². The van der Waals surface area contributed by atoms with Gasteiger partial charge in [-0.25, -0.2) is 0 Å². The van der Waals surface area contributed by atoms with Gasteiger partial charge in [-0.05, 0) is 28.9 Å². The number of amides is 1. The quantitative estimate of drug-likeness (QED) is 0.894. The first-order chi connectivity index (χ1) is 9.76. The molecule has 21 heavy (non-hydrogen) atoms. The van der Waals surface area contributed by atoms with E-state index in [-0.39, 0.29) is 17.4 Å². The van der Waals surface area contributed by atoms with Gasteiger partial charge in [-0.15, -0.1) is 0 Å². The summed E-state index contributed by atoms with van der Waals surface area (Å²) in [6.45, 7) is 8.69. The maximum absolute atomic E-state index is 12.2. The molecule has 3 heteroatoms. The summed E-state index contributed by atoms with van der Waals surface area (Å²) in [4.78, 5) is 12.2. The molecule has 0 bridgehead atoms. The molecule has 1 amide bonds. The summed E-state index contributed by atoms with van der Waals surface area (Å²) in [6, 6.07) is 7.69. The zero-order chi connectivity index (χ0) is 15.6. The molecule has 1 aromatic carbocycles. The van der Waals surface area contributed by atoms with Gasteiger partial charge >= 0.3 is 0 Å². The molecule has 1 aliphatic rings. The highest BCUT2D eigenvalue weighted by atomic mass is 16.3. The Balaban J connectivity index is 1.94. The molecule has 2 N–H and O–H groups in total. The van der Waals surface area contributed by atoms with Crippen molar-refractivity contribution in [2.45, 2.75) is 59.1 Å². The monoisotopic (exact) mass is 289 g/mol. The molecular weight excluding hydrogens is 262 g/mol. The third-order valence-electron chi connectivity index (χ3n) is 4.02. The minimum absolute atomic E-state index is 0.0347. The SMILES string of the molecule is CC(CC(=O)NC1c2ccccc2CC1O)CC(C)(C)C. The molecule has 1 aliphatic carbocycles. The summed E-state index contributed by atoms with van der Waals surface area (Å²) in [5, 5.41) is 13.2. The van der Waals surface area contributed by atoms with Crippen LogP contribution in [0.4, 0.5) is 0 Å². The molecule has 0 fully saturated rings. The van der Waals surface area contributed by atoms with Gasteiger partial charge < -0.3 is 10.4 Å². The minimum atomic E-state index is -0.510. The van der Waals surface area contributed by atoms with Crippen molar-refractivity contribution in [1.29, 1.82) is 0 Å². The number of hydrogen-bond donors (Lipinski definition) is 2. The normalized spacial score (nSPS) is 22.7. The molecule has 0 radical (unpaired) electrons. The fourth-order valence-electron chi connectivity index (χ4n) is 3.41. The van der Waals surface area contributed by atoms with Crippen molar-refractivity contribution in [1.82, 2.24) is 5.32 Å². The summed E-state index contributed by atoms with van der Waals surface area (Å²) in [6.07, 6.45) is 1.65. The standard InChI is InChI=1S/C18H27NO2/c1-12(11-18(2,3)4)9-16(21)19-17-14-8-6-5-7-13(14)10-15(17)20/h5-8,12,15,17,20H,9-11H2,1-4H3,(H,19,21). The Morgan fingerprint density at radius 3 is 2.71 bits per heavy atom. The first kappa shape index (κ1) is 16.0. The predicted octanol–water partition coefficient (Wildman–Crippen LogP) is 3.22. The van der Waals surface area contributed by atoms with Gasteiger partial charge in [0.2, 0.25) is 5.91 Å². The van der Waals surface area contributed by atoms with Crippen molar-refractivity contribution in [3.05, 3.63) is 35.4 Å². The number of aliphatic hydroxyl groups is 1. The summed E-state index contributed by atoms with van der Waals surface area (Å²) in [5.41, 5.74) is 2.43. The van der Waals surface area contributed by atoms with Crippen LogP contribution in [0.15, 0.2) is 24.3 Å². The van der Waals surface area contributed by atoms with Crippen LogP contribution in [0.1, 0.15) is 57.7 Å². The molecule has 0 heterocycles. The maximum Gasteiger partial charge on any atom is 0.220 e. The molecule has 116 valence electrons. The highest BCUT2D eigenvalue weighted by molar-refractivity contribution is 5.77. The Labute approximate surface area is 127 Å². The van der Waals surface area contributed by atoms with Crippen LogP contribution in [0.2, 0.25) is 0 Å². The van der Waals surface area contributed by atoms with Crippen LogP contribution in [0.5, 0.6) is 0 Å². The maximum atomic E-state index is 12.2. The second kappa shape index (κ2) is 6.18. The lowest BCUT2D eigenvalue weighted by Gasteiger charge is -2.24. The molecule has 3 nitrogen and oxygen atoms in total. The summed E-state index contributed by atoms with van der Waals surface area (Å²) < 4.78 is 0. The van der Waals surface area contributed by atoms with Crippen LogP contribution in [0, 0.1) is 11.3 Å². The van der Waals surface area contributed by atoms with Crippen LogP contribution in [0.25, 0.3) is 0 Å². The summed E-state index contributed by atoms with van der Waals surface area (Å²) >= 11 is 0. The van der Waals surface area contributed by atoms with E-state index < -0.39 is 6.10 Å². The van der Waals surface area contributed by atoms with E-state index in [1.807, 2.05) is 24.3 Å². The molecule has 0 aromatic heterocycles. The third-order valence-corrected chi connectivity index (χ3v) is 4.02. The lowest BCUT2D eigenvalue weighted by atomic mass is 9.84. The zero-order valence-electron chi connectivity index (χ0n) is 13.5. The van der Waals surface area contributed by atoms with E-state index >= 15 is 0 Å². The molecule has 0 saturated carbocycles. The van der Waals surface area contributed by atoms with Gasteiger partial charge in [-0.1, -0.05) is 52.0 Å². The van der Waals surface area contributed by atoms with Crippen LogP contribution >= 0.6 is 0 Å². The Morgan fingerprint density at radius 2 is 2.05 bits per heavy atom. The molecule has 3 atom stereocenters. The Hall–Kier alpha value is -1.35. The number of benzene rings is 1. The lowest BCUT2D eigenvalue weighted by molar-refractivity contribution is -0.123. The van der Waals surface area contributed by atoms with Gasteiger partial charge in [0.25, 0.3) is 0 Å². The van der Waals surface area contributed by atoms with Gasteiger partial charge in [0.05, 0.1) is 12.1 Å².